The first-order valence-corrected chi connectivity index (χ1v) is 6.80. The van der Waals surface area contributed by atoms with Crippen molar-refractivity contribution in [3.63, 3.8) is 0 Å². The number of carbonyl (C=O) groups is 1. The fourth-order valence-electron chi connectivity index (χ4n) is 1.78. The number of ether oxygens (including phenoxy) is 1. The van der Waals surface area contributed by atoms with Crippen LogP contribution in [0.15, 0.2) is 48.5 Å². The van der Waals surface area contributed by atoms with Gasteiger partial charge in [-0.05, 0) is 36.8 Å². The van der Waals surface area contributed by atoms with Gasteiger partial charge < -0.3 is 10.1 Å². The van der Waals surface area contributed by atoms with Gasteiger partial charge in [-0.3, -0.25) is 4.79 Å². The number of amides is 1. The van der Waals surface area contributed by atoms with Crippen LogP contribution in [-0.4, -0.2) is 12.5 Å². The van der Waals surface area contributed by atoms with Gasteiger partial charge in [0.1, 0.15) is 5.75 Å². The molecular formula is C17H18NO2. The van der Waals surface area contributed by atoms with E-state index in [2.05, 4.69) is 18.3 Å². The van der Waals surface area contributed by atoms with E-state index < -0.39 is 0 Å². The summed E-state index contributed by atoms with van der Waals surface area (Å²) in [5.74, 6) is 0.454. The van der Waals surface area contributed by atoms with Gasteiger partial charge in [0.25, 0.3) is 5.91 Å². The van der Waals surface area contributed by atoms with Crippen molar-refractivity contribution in [2.75, 3.05) is 11.9 Å². The molecule has 2 aromatic carbocycles. The quantitative estimate of drug-likeness (QED) is 0.806. The summed E-state index contributed by atoms with van der Waals surface area (Å²) in [4.78, 5) is 12.3. The van der Waals surface area contributed by atoms with Gasteiger partial charge in [0, 0.05) is 5.69 Å². The zero-order chi connectivity index (χ0) is 14.2. The average molecular weight is 268 g/mol. The normalized spacial score (nSPS) is 10.1. The van der Waals surface area contributed by atoms with Crippen molar-refractivity contribution in [3.05, 3.63) is 60.2 Å². The Balaban J connectivity index is 2.09. The number of unbranched alkanes of at least 4 members (excludes halogenated alkanes) is 1. The largest absolute Gasteiger partial charge is 0.493 e. The summed E-state index contributed by atoms with van der Waals surface area (Å²) in [6, 6.07) is 17.4. The molecule has 0 bridgehead atoms. The molecule has 1 N–H and O–H groups in total. The smallest absolute Gasteiger partial charge is 0.259 e. The van der Waals surface area contributed by atoms with Crippen molar-refractivity contribution >= 4 is 11.6 Å². The van der Waals surface area contributed by atoms with Gasteiger partial charge in [-0.15, -0.1) is 0 Å². The van der Waals surface area contributed by atoms with Crippen LogP contribution in [0, 0.1) is 6.07 Å². The molecule has 0 atom stereocenters. The van der Waals surface area contributed by atoms with E-state index in [1.54, 1.807) is 18.2 Å². The van der Waals surface area contributed by atoms with Crippen LogP contribution in [0.5, 0.6) is 5.75 Å². The molecule has 3 nitrogen and oxygen atoms in total. The molecule has 0 saturated carbocycles. The van der Waals surface area contributed by atoms with Gasteiger partial charge in [0.2, 0.25) is 0 Å². The Morgan fingerprint density at radius 2 is 2.10 bits per heavy atom. The zero-order valence-electron chi connectivity index (χ0n) is 11.6. The number of para-hydroxylation sites is 1. The first-order chi connectivity index (χ1) is 9.81. The second-order valence-electron chi connectivity index (χ2n) is 4.44. The highest BCUT2D eigenvalue weighted by Gasteiger charge is 2.11. The molecule has 0 unspecified atom stereocenters. The predicted octanol–water partition coefficient (Wildman–Crippen LogP) is 3.92. The maximum atomic E-state index is 12.3. The van der Waals surface area contributed by atoms with Crippen LogP contribution in [0.1, 0.15) is 30.1 Å². The summed E-state index contributed by atoms with van der Waals surface area (Å²) < 4.78 is 5.67. The van der Waals surface area contributed by atoms with Gasteiger partial charge in [0.05, 0.1) is 12.2 Å². The van der Waals surface area contributed by atoms with Gasteiger partial charge in [-0.25, -0.2) is 0 Å². The summed E-state index contributed by atoms with van der Waals surface area (Å²) in [6.07, 6.45) is 2.04. The highest BCUT2D eigenvalue weighted by Crippen LogP contribution is 2.20. The Kier molecular flexibility index (Phi) is 5.18. The van der Waals surface area contributed by atoms with E-state index in [1.807, 2.05) is 30.3 Å². The third-order valence-corrected chi connectivity index (χ3v) is 2.85. The molecule has 0 spiro atoms. The summed E-state index contributed by atoms with van der Waals surface area (Å²) in [5.41, 5.74) is 1.27. The van der Waals surface area contributed by atoms with Crippen molar-refractivity contribution in [2.45, 2.75) is 19.8 Å². The Hall–Kier alpha value is -2.29. The van der Waals surface area contributed by atoms with Crippen molar-refractivity contribution < 1.29 is 9.53 Å². The summed E-state index contributed by atoms with van der Waals surface area (Å²) in [6.45, 7) is 2.73. The molecule has 0 aliphatic rings. The lowest BCUT2D eigenvalue weighted by molar-refractivity contribution is 0.102. The van der Waals surface area contributed by atoms with E-state index in [0.717, 1.165) is 18.5 Å². The van der Waals surface area contributed by atoms with Gasteiger partial charge >= 0.3 is 0 Å². The fourth-order valence-corrected chi connectivity index (χ4v) is 1.78. The standard InChI is InChI=1S/C17H18NO2/c1-2-3-13-20-16-12-8-7-11-15(16)17(19)18-14-9-5-4-6-10-14/h4-5,7-12H,2-3,13H2,1H3,(H,18,19). The van der Waals surface area contributed by atoms with Gasteiger partial charge in [-0.2, -0.15) is 0 Å². The third-order valence-electron chi connectivity index (χ3n) is 2.85. The van der Waals surface area contributed by atoms with E-state index in [4.69, 9.17) is 4.74 Å². The SMILES string of the molecule is CCCCOc1ccccc1C(=O)Nc1c[c]ccc1. The second-order valence-corrected chi connectivity index (χ2v) is 4.44. The molecule has 0 aliphatic carbocycles. The minimum absolute atomic E-state index is 0.170. The summed E-state index contributed by atoms with van der Waals surface area (Å²) in [5, 5.41) is 2.84. The molecule has 2 aromatic rings. The van der Waals surface area contributed by atoms with Crippen LogP contribution in [0.3, 0.4) is 0 Å². The number of hydrogen-bond acceptors (Lipinski definition) is 2. The number of rotatable bonds is 6. The second kappa shape index (κ2) is 7.34. The zero-order valence-corrected chi connectivity index (χ0v) is 11.6. The van der Waals surface area contributed by atoms with Crippen molar-refractivity contribution in [3.8, 4) is 5.75 Å². The number of benzene rings is 2. The molecule has 1 radical (unpaired) electrons. The van der Waals surface area contributed by atoms with E-state index in [-0.39, 0.29) is 5.91 Å². The highest BCUT2D eigenvalue weighted by atomic mass is 16.5. The first-order valence-electron chi connectivity index (χ1n) is 6.80. The Labute approximate surface area is 119 Å². The number of nitrogens with one attached hydrogen (secondary N) is 1. The highest BCUT2D eigenvalue weighted by molar-refractivity contribution is 6.06. The molecule has 103 valence electrons. The maximum Gasteiger partial charge on any atom is 0.259 e. The third kappa shape index (κ3) is 3.85. The molecule has 0 aliphatic heterocycles. The van der Waals surface area contributed by atoms with Crippen molar-refractivity contribution in [1.29, 1.82) is 0 Å². The Morgan fingerprint density at radius 3 is 2.85 bits per heavy atom. The minimum Gasteiger partial charge on any atom is -0.493 e. The number of anilines is 1. The molecule has 3 heteroatoms. The van der Waals surface area contributed by atoms with Crippen LogP contribution in [-0.2, 0) is 0 Å². The summed E-state index contributed by atoms with van der Waals surface area (Å²) in [7, 11) is 0. The molecule has 1 amide bonds. The Bertz CT molecular complexity index is 552. The van der Waals surface area contributed by atoms with E-state index in [9.17, 15) is 4.79 Å². The van der Waals surface area contributed by atoms with Crippen molar-refractivity contribution in [2.24, 2.45) is 0 Å². The lowest BCUT2D eigenvalue weighted by Gasteiger charge is -2.11. The lowest BCUT2D eigenvalue weighted by atomic mass is 10.2. The van der Waals surface area contributed by atoms with E-state index in [1.165, 1.54) is 0 Å². The van der Waals surface area contributed by atoms with Crippen LogP contribution < -0.4 is 10.1 Å². The molecule has 0 aromatic heterocycles. The molecular weight excluding hydrogens is 250 g/mol. The van der Waals surface area contributed by atoms with Crippen LogP contribution in [0.4, 0.5) is 5.69 Å². The van der Waals surface area contributed by atoms with Gasteiger partial charge in [0.15, 0.2) is 0 Å². The van der Waals surface area contributed by atoms with Crippen LogP contribution >= 0.6 is 0 Å². The van der Waals surface area contributed by atoms with Crippen molar-refractivity contribution in [1.82, 2.24) is 0 Å². The van der Waals surface area contributed by atoms with E-state index in [0.29, 0.717) is 17.9 Å². The van der Waals surface area contributed by atoms with Crippen LogP contribution in [0.2, 0.25) is 0 Å². The predicted molar refractivity (Wildman–Crippen MR) is 80.1 cm³/mol. The number of hydrogen-bond donors (Lipinski definition) is 1. The fraction of sp³-hybridized carbons (Fsp3) is 0.235. The number of carbonyl (C=O) groups excluding carboxylic acids is 1. The molecule has 0 saturated heterocycles. The topological polar surface area (TPSA) is 38.3 Å². The van der Waals surface area contributed by atoms with E-state index >= 15 is 0 Å². The maximum absolute atomic E-state index is 12.3. The molecule has 0 heterocycles. The Morgan fingerprint density at radius 1 is 1.25 bits per heavy atom. The average Bonchev–Trinajstić information content (AvgIpc) is 2.49. The molecule has 2 rings (SSSR count). The lowest BCUT2D eigenvalue weighted by Crippen LogP contribution is -2.13. The van der Waals surface area contributed by atoms with Gasteiger partial charge in [-0.1, -0.05) is 37.6 Å². The molecule has 20 heavy (non-hydrogen) atoms. The molecule has 0 fully saturated rings. The van der Waals surface area contributed by atoms with Crippen LogP contribution in [0.25, 0.3) is 0 Å². The first kappa shape index (κ1) is 14.1. The minimum atomic E-state index is -0.170. The monoisotopic (exact) mass is 268 g/mol. The summed E-state index contributed by atoms with van der Waals surface area (Å²) >= 11 is 0.